The first-order valence-corrected chi connectivity index (χ1v) is 11.5. The summed E-state index contributed by atoms with van der Waals surface area (Å²) in [6.45, 7) is 3.30. The number of carbonyl (C=O) groups excluding carboxylic acids is 2. The van der Waals surface area contributed by atoms with Crippen LogP contribution in [-0.2, 0) is 10.9 Å². The number of halogens is 5. The van der Waals surface area contributed by atoms with Gasteiger partial charge in [0, 0.05) is 32.4 Å². The first-order chi connectivity index (χ1) is 16.6. The van der Waals surface area contributed by atoms with Gasteiger partial charge in [-0.05, 0) is 55.5 Å². The fourth-order valence-corrected chi connectivity index (χ4v) is 4.58. The molecular formula is C24H25ClF4N4O3. The normalized spacial score (nSPS) is 20.3. The molecule has 0 radical (unpaired) electrons. The largest absolute Gasteiger partial charge is 0.447 e. The second kappa shape index (κ2) is 9.76. The predicted molar refractivity (Wildman–Crippen MR) is 126 cm³/mol. The third kappa shape index (κ3) is 4.93. The number of alkyl halides is 3. The van der Waals surface area contributed by atoms with Crippen molar-refractivity contribution in [3.8, 4) is 0 Å². The van der Waals surface area contributed by atoms with E-state index in [1.165, 1.54) is 28.0 Å². The van der Waals surface area contributed by atoms with Gasteiger partial charge in [-0.15, -0.1) is 12.4 Å². The Kier molecular flexibility index (Phi) is 7.05. The lowest BCUT2D eigenvalue weighted by Gasteiger charge is -2.36. The Hall–Kier alpha value is -3.08. The molecule has 194 valence electrons. The molecule has 1 saturated carbocycles. The van der Waals surface area contributed by atoms with Crippen LogP contribution in [0.2, 0.25) is 0 Å². The summed E-state index contributed by atoms with van der Waals surface area (Å²) in [5.74, 6) is -0.617. The van der Waals surface area contributed by atoms with Gasteiger partial charge in [0.1, 0.15) is 18.2 Å². The summed E-state index contributed by atoms with van der Waals surface area (Å²) in [5.41, 5.74) is 0.0527. The minimum atomic E-state index is -4.45. The standard InChI is InChI=1S/C24H24F4N4O3.ClH/c1-14-13-35-23(34)32(14)17-4-5-18(20(25)11-17)22(33)31-8-6-30(7-9-31)21-19(15-2-3-15)10-16(12-29-21)24(26,27)28;/h4-5,10-12,14-15H,2-3,6-9,13H2,1H3;1H. The maximum atomic E-state index is 14.8. The van der Waals surface area contributed by atoms with Crippen LogP contribution in [0.5, 0.6) is 0 Å². The molecule has 1 aliphatic carbocycles. The Labute approximate surface area is 211 Å². The van der Waals surface area contributed by atoms with E-state index < -0.39 is 29.6 Å². The summed E-state index contributed by atoms with van der Waals surface area (Å²) in [6.07, 6.45) is -2.50. The first-order valence-electron chi connectivity index (χ1n) is 11.5. The van der Waals surface area contributed by atoms with E-state index >= 15 is 0 Å². The van der Waals surface area contributed by atoms with Crippen LogP contribution < -0.4 is 9.80 Å². The second-order valence-corrected chi connectivity index (χ2v) is 9.15. The zero-order chi connectivity index (χ0) is 24.9. The highest BCUT2D eigenvalue weighted by molar-refractivity contribution is 5.96. The van der Waals surface area contributed by atoms with E-state index in [1.807, 2.05) is 4.90 Å². The smallest absolute Gasteiger partial charge is 0.417 e. The average molecular weight is 529 g/mol. The van der Waals surface area contributed by atoms with E-state index in [1.54, 1.807) is 6.92 Å². The van der Waals surface area contributed by atoms with Gasteiger partial charge in [-0.1, -0.05) is 0 Å². The SMILES string of the molecule is CC1COC(=O)N1c1ccc(C(=O)N2CCN(c3ncc(C(F)(F)F)cc3C3CC3)CC2)c(F)c1.Cl. The van der Waals surface area contributed by atoms with E-state index in [0.29, 0.717) is 30.2 Å². The lowest BCUT2D eigenvalue weighted by molar-refractivity contribution is -0.137. The molecule has 12 heteroatoms. The van der Waals surface area contributed by atoms with Gasteiger partial charge in [0.25, 0.3) is 5.91 Å². The van der Waals surface area contributed by atoms with Crippen molar-refractivity contribution in [2.45, 2.75) is 37.9 Å². The summed E-state index contributed by atoms with van der Waals surface area (Å²) in [5, 5.41) is 0. The fourth-order valence-electron chi connectivity index (χ4n) is 4.58. The first kappa shape index (κ1) is 26.0. The number of hydrogen-bond acceptors (Lipinski definition) is 5. The molecule has 3 heterocycles. The van der Waals surface area contributed by atoms with Gasteiger partial charge in [0.05, 0.1) is 22.9 Å². The van der Waals surface area contributed by atoms with Gasteiger partial charge in [-0.2, -0.15) is 13.2 Å². The fraction of sp³-hybridized carbons (Fsp3) is 0.458. The van der Waals surface area contributed by atoms with Gasteiger partial charge in [0.15, 0.2) is 0 Å². The number of anilines is 2. The highest BCUT2D eigenvalue weighted by Crippen LogP contribution is 2.45. The molecule has 2 saturated heterocycles. The third-order valence-corrected chi connectivity index (χ3v) is 6.65. The zero-order valence-electron chi connectivity index (χ0n) is 19.4. The monoisotopic (exact) mass is 528 g/mol. The number of hydrogen-bond donors (Lipinski definition) is 0. The van der Waals surface area contributed by atoms with Crippen molar-refractivity contribution in [1.82, 2.24) is 9.88 Å². The van der Waals surface area contributed by atoms with E-state index in [-0.39, 0.29) is 49.6 Å². The number of pyridine rings is 1. The average Bonchev–Trinajstić information content (AvgIpc) is 3.62. The molecular weight excluding hydrogens is 504 g/mol. The molecule has 0 spiro atoms. The molecule has 0 bridgehead atoms. The maximum absolute atomic E-state index is 14.8. The Morgan fingerprint density at radius 2 is 1.81 bits per heavy atom. The van der Waals surface area contributed by atoms with Gasteiger partial charge in [-0.25, -0.2) is 14.2 Å². The van der Waals surface area contributed by atoms with Crippen LogP contribution >= 0.6 is 12.4 Å². The number of aromatic nitrogens is 1. The number of benzene rings is 1. The molecule has 3 fully saturated rings. The molecule has 2 aliphatic heterocycles. The van der Waals surface area contributed by atoms with Crippen molar-refractivity contribution < 1.29 is 31.9 Å². The highest BCUT2D eigenvalue weighted by Gasteiger charge is 2.37. The summed E-state index contributed by atoms with van der Waals surface area (Å²) in [6, 6.07) is 4.98. The molecule has 7 nitrogen and oxygen atoms in total. The molecule has 2 aromatic rings. The van der Waals surface area contributed by atoms with E-state index in [2.05, 4.69) is 4.98 Å². The van der Waals surface area contributed by atoms with Crippen molar-refractivity contribution in [2.24, 2.45) is 0 Å². The van der Waals surface area contributed by atoms with Crippen LogP contribution in [0, 0.1) is 5.82 Å². The highest BCUT2D eigenvalue weighted by atomic mass is 35.5. The molecule has 1 aromatic carbocycles. The molecule has 1 atom stereocenters. The van der Waals surface area contributed by atoms with Crippen LogP contribution in [0.1, 0.15) is 47.2 Å². The van der Waals surface area contributed by atoms with Crippen LogP contribution in [0.4, 0.5) is 33.9 Å². The number of rotatable bonds is 4. The quantitative estimate of drug-likeness (QED) is 0.531. The zero-order valence-corrected chi connectivity index (χ0v) is 20.2. The molecule has 3 aliphatic rings. The lowest BCUT2D eigenvalue weighted by Crippen LogP contribution is -2.49. The minimum absolute atomic E-state index is 0. The summed E-state index contributed by atoms with van der Waals surface area (Å²) in [4.78, 5) is 33.7. The van der Waals surface area contributed by atoms with Gasteiger partial charge in [-0.3, -0.25) is 9.69 Å². The summed E-state index contributed by atoms with van der Waals surface area (Å²) in [7, 11) is 0. The number of carbonyl (C=O) groups is 2. The van der Waals surface area contributed by atoms with Gasteiger partial charge in [0.2, 0.25) is 0 Å². The molecule has 1 aromatic heterocycles. The number of piperazine rings is 1. The second-order valence-electron chi connectivity index (χ2n) is 9.15. The summed E-state index contributed by atoms with van der Waals surface area (Å²) < 4.78 is 59.3. The van der Waals surface area contributed by atoms with Crippen LogP contribution in [0.15, 0.2) is 30.5 Å². The molecule has 0 N–H and O–H groups in total. The molecule has 5 rings (SSSR count). The van der Waals surface area contributed by atoms with Gasteiger partial charge >= 0.3 is 12.3 Å². The Morgan fingerprint density at radius 3 is 2.36 bits per heavy atom. The van der Waals surface area contributed by atoms with Crippen LogP contribution in [0.25, 0.3) is 0 Å². The van der Waals surface area contributed by atoms with E-state index in [4.69, 9.17) is 4.74 Å². The predicted octanol–water partition coefficient (Wildman–Crippen LogP) is 4.85. The van der Waals surface area contributed by atoms with Crippen molar-refractivity contribution >= 4 is 35.9 Å². The van der Waals surface area contributed by atoms with Crippen molar-refractivity contribution in [2.75, 3.05) is 42.6 Å². The Morgan fingerprint density at radius 1 is 1.11 bits per heavy atom. The number of ether oxygens (including phenoxy) is 1. The van der Waals surface area contributed by atoms with Crippen LogP contribution in [-0.4, -0.2) is 60.7 Å². The minimum Gasteiger partial charge on any atom is -0.447 e. The topological polar surface area (TPSA) is 66.0 Å². The molecule has 2 amide bonds. The number of amides is 2. The van der Waals surface area contributed by atoms with Crippen molar-refractivity contribution in [3.05, 3.63) is 53.0 Å². The molecule has 36 heavy (non-hydrogen) atoms. The summed E-state index contributed by atoms with van der Waals surface area (Å²) >= 11 is 0. The van der Waals surface area contributed by atoms with Gasteiger partial charge < -0.3 is 14.5 Å². The lowest BCUT2D eigenvalue weighted by atomic mass is 10.1. The van der Waals surface area contributed by atoms with E-state index in [9.17, 15) is 27.2 Å². The van der Waals surface area contributed by atoms with Crippen LogP contribution in [0.3, 0.4) is 0 Å². The number of nitrogens with zero attached hydrogens (tertiary/aromatic N) is 4. The molecule has 1 unspecified atom stereocenters. The van der Waals surface area contributed by atoms with E-state index in [0.717, 1.165) is 25.1 Å². The van der Waals surface area contributed by atoms with Crippen molar-refractivity contribution in [1.29, 1.82) is 0 Å². The van der Waals surface area contributed by atoms with Crippen molar-refractivity contribution in [3.63, 3.8) is 0 Å². The Balaban J connectivity index is 0.00000304. The Bertz CT molecular complexity index is 1170. The maximum Gasteiger partial charge on any atom is 0.417 e. The third-order valence-electron chi connectivity index (χ3n) is 6.65. The number of cyclic esters (lactones) is 1.